The van der Waals surface area contributed by atoms with Crippen LogP contribution in [0.2, 0.25) is 0 Å². The van der Waals surface area contributed by atoms with E-state index in [0.717, 1.165) is 31.6 Å². The summed E-state index contributed by atoms with van der Waals surface area (Å²) < 4.78 is 11.8. The average Bonchev–Trinajstić information content (AvgIpc) is 3.34. The van der Waals surface area contributed by atoms with Gasteiger partial charge < -0.3 is 9.47 Å². The molecule has 8 rings (SSSR count). The molecule has 2 unspecified atom stereocenters. The molecule has 314 valence electrons. The molecule has 8 aromatic carbocycles. The molecule has 2 atom stereocenters. The highest BCUT2D eigenvalue weighted by atomic mass is 16.5. The fraction of sp³-hybridized carbons (Fsp3) is 0.200. The first-order chi connectivity index (χ1) is 30.5. The van der Waals surface area contributed by atoms with Gasteiger partial charge in [-0.05, 0) is 104 Å². The van der Waals surface area contributed by atoms with Gasteiger partial charge in [0.1, 0.15) is 0 Å². The molecule has 8 aromatic rings. The Kier molecular flexibility index (Phi) is 18.1. The van der Waals surface area contributed by atoms with Crippen LogP contribution in [0.3, 0.4) is 0 Å². The van der Waals surface area contributed by atoms with Crippen molar-refractivity contribution in [3.63, 3.8) is 0 Å². The predicted octanol–water partition coefficient (Wildman–Crippen LogP) is 15.9. The summed E-state index contributed by atoms with van der Waals surface area (Å²) in [6.45, 7) is 14.8. The maximum absolute atomic E-state index is 6.01. The zero-order valence-electron chi connectivity index (χ0n) is 36.7. The molecule has 0 N–H and O–H groups in total. The minimum absolute atomic E-state index is 0.543. The fourth-order valence-electron chi connectivity index (χ4n) is 7.87. The summed E-state index contributed by atoms with van der Waals surface area (Å²) in [5.74, 6) is 1.16. The first kappa shape index (κ1) is 45.2. The molecule has 0 bridgehead atoms. The summed E-state index contributed by atoms with van der Waals surface area (Å²) in [5.41, 5.74) is 10.3. The van der Waals surface area contributed by atoms with E-state index in [1.165, 1.54) is 73.3 Å². The third kappa shape index (κ3) is 13.9. The molecule has 0 fully saturated rings. The van der Waals surface area contributed by atoms with E-state index in [9.17, 15) is 0 Å². The standard InChI is InChI=1S/C31H34O.C21H20O.C8H8/c1-3-26(28-10-5-4-6-11-28)22-24(2)27-18-16-25(17-19-27)23-32-21-20-30-14-9-13-29-12-7-8-15-31(29)30;1-2-17-10-12-18(13-11-17)16-22-15-14-20-8-5-7-19-6-3-4-9-21(19)20;1-2-8-6-4-3-5-7-8/h4-19,24,26H,3,20-23H2,1-2H3;2-13H,1,14-16H2;2-7H,1H2. The Hall–Kier alpha value is -6.32. The lowest BCUT2D eigenvalue weighted by molar-refractivity contribution is 0.124. The lowest BCUT2D eigenvalue weighted by atomic mass is 9.84. The second-order valence-electron chi connectivity index (χ2n) is 15.8. The number of fused-ring (bicyclic) bond motifs is 2. The van der Waals surface area contributed by atoms with Crippen molar-refractivity contribution in [1.29, 1.82) is 0 Å². The van der Waals surface area contributed by atoms with Crippen LogP contribution in [-0.4, -0.2) is 13.2 Å². The van der Waals surface area contributed by atoms with Crippen molar-refractivity contribution in [3.8, 4) is 0 Å². The van der Waals surface area contributed by atoms with Crippen LogP contribution in [0.5, 0.6) is 0 Å². The summed E-state index contributed by atoms with van der Waals surface area (Å²) in [4.78, 5) is 0. The van der Waals surface area contributed by atoms with Crippen LogP contribution in [0.25, 0.3) is 33.7 Å². The van der Waals surface area contributed by atoms with Crippen molar-refractivity contribution in [1.82, 2.24) is 0 Å². The topological polar surface area (TPSA) is 18.5 Å². The van der Waals surface area contributed by atoms with Crippen molar-refractivity contribution < 1.29 is 9.47 Å². The SMILES string of the molecule is C=Cc1ccc(COCCc2cccc3ccccc23)cc1.C=Cc1ccccc1.CCC(CC(C)c1ccc(COCCc2cccc3ccccc23)cc1)c1ccccc1. The Bertz CT molecular complexity index is 2510. The summed E-state index contributed by atoms with van der Waals surface area (Å²) in [7, 11) is 0. The van der Waals surface area contributed by atoms with Crippen molar-refractivity contribution in [2.45, 2.75) is 64.6 Å². The van der Waals surface area contributed by atoms with Crippen LogP contribution in [0.1, 0.15) is 83.0 Å². The zero-order valence-corrected chi connectivity index (χ0v) is 36.7. The molecular formula is C60H62O2. The molecule has 2 heteroatoms. The second kappa shape index (κ2) is 24.8. The molecule has 0 saturated heterocycles. The fourth-order valence-corrected chi connectivity index (χ4v) is 7.87. The van der Waals surface area contributed by atoms with E-state index in [1.54, 1.807) is 0 Å². The number of benzene rings is 8. The molecule has 0 heterocycles. The third-order valence-corrected chi connectivity index (χ3v) is 11.5. The Morgan fingerprint density at radius 3 is 1.37 bits per heavy atom. The summed E-state index contributed by atoms with van der Waals surface area (Å²) >= 11 is 0. The van der Waals surface area contributed by atoms with Crippen molar-refractivity contribution in [2.24, 2.45) is 0 Å². The lowest BCUT2D eigenvalue weighted by Crippen LogP contribution is -2.04. The molecule has 0 saturated carbocycles. The van der Waals surface area contributed by atoms with Gasteiger partial charge in [-0.15, -0.1) is 0 Å². The van der Waals surface area contributed by atoms with Gasteiger partial charge in [0.2, 0.25) is 0 Å². The highest BCUT2D eigenvalue weighted by Crippen LogP contribution is 2.32. The van der Waals surface area contributed by atoms with E-state index in [-0.39, 0.29) is 0 Å². The number of ether oxygens (including phenoxy) is 2. The molecule has 62 heavy (non-hydrogen) atoms. The number of hydrogen-bond acceptors (Lipinski definition) is 2. The molecule has 0 amide bonds. The highest BCUT2D eigenvalue weighted by molar-refractivity contribution is 5.86. The molecule has 2 nitrogen and oxygen atoms in total. The van der Waals surface area contributed by atoms with E-state index in [2.05, 4.69) is 191 Å². The molecule has 0 spiro atoms. The van der Waals surface area contributed by atoms with Crippen LogP contribution in [0.4, 0.5) is 0 Å². The Balaban J connectivity index is 0.000000183. The van der Waals surface area contributed by atoms with E-state index >= 15 is 0 Å². The Morgan fingerprint density at radius 1 is 0.452 bits per heavy atom. The molecule has 0 aliphatic rings. The van der Waals surface area contributed by atoms with Crippen molar-refractivity contribution in [3.05, 3.63) is 252 Å². The van der Waals surface area contributed by atoms with Crippen LogP contribution in [0, 0.1) is 0 Å². The smallest absolute Gasteiger partial charge is 0.0717 e. The third-order valence-electron chi connectivity index (χ3n) is 11.5. The zero-order chi connectivity index (χ0) is 43.2. The van der Waals surface area contributed by atoms with Crippen LogP contribution < -0.4 is 0 Å². The largest absolute Gasteiger partial charge is 0.376 e. The Morgan fingerprint density at radius 2 is 0.887 bits per heavy atom. The van der Waals surface area contributed by atoms with Gasteiger partial charge in [0, 0.05) is 0 Å². The van der Waals surface area contributed by atoms with Crippen molar-refractivity contribution >= 4 is 33.7 Å². The van der Waals surface area contributed by atoms with Crippen LogP contribution in [0.15, 0.2) is 207 Å². The van der Waals surface area contributed by atoms with Gasteiger partial charge in [0.15, 0.2) is 0 Å². The molecule has 0 radical (unpaired) electrons. The summed E-state index contributed by atoms with van der Waals surface area (Å²) in [6.07, 6.45) is 7.92. The quantitative estimate of drug-likeness (QED) is 0.0853. The first-order valence-corrected chi connectivity index (χ1v) is 22.2. The van der Waals surface area contributed by atoms with Gasteiger partial charge >= 0.3 is 0 Å². The lowest BCUT2D eigenvalue weighted by Gasteiger charge is -2.21. The minimum atomic E-state index is 0.543. The molecule has 0 aliphatic heterocycles. The maximum Gasteiger partial charge on any atom is 0.0717 e. The number of rotatable bonds is 17. The molecule has 0 aliphatic carbocycles. The second-order valence-corrected chi connectivity index (χ2v) is 15.8. The average molecular weight is 815 g/mol. The maximum atomic E-state index is 6.01. The molecule has 0 aromatic heterocycles. The van der Waals surface area contributed by atoms with Crippen LogP contribution in [-0.2, 0) is 35.5 Å². The van der Waals surface area contributed by atoms with Gasteiger partial charge in [-0.1, -0.05) is 233 Å². The van der Waals surface area contributed by atoms with Gasteiger partial charge in [-0.25, -0.2) is 0 Å². The van der Waals surface area contributed by atoms with E-state index in [0.29, 0.717) is 25.0 Å². The van der Waals surface area contributed by atoms with Gasteiger partial charge in [0.05, 0.1) is 26.4 Å². The van der Waals surface area contributed by atoms with Crippen LogP contribution >= 0.6 is 0 Å². The molecular weight excluding hydrogens is 753 g/mol. The minimum Gasteiger partial charge on any atom is -0.376 e. The summed E-state index contributed by atoms with van der Waals surface area (Å²) in [5, 5.41) is 5.24. The van der Waals surface area contributed by atoms with Crippen molar-refractivity contribution in [2.75, 3.05) is 13.2 Å². The Labute approximate surface area is 371 Å². The highest BCUT2D eigenvalue weighted by Gasteiger charge is 2.15. The normalized spacial score (nSPS) is 11.7. The van der Waals surface area contributed by atoms with Gasteiger partial charge in [0.25, 0.3) is 0 Å². The van der Waals surface area contributed by atoms with E-state index in [1.807, 2.05) is 42.5 Å². The predicted molar refractivity (Wildman–Crippen MR) is 267 cm³/mol. The van der Waals surface area contributed by atoms with Gasteiger partial charge in [-0.2, -0.15) is 0 Å². The van der Waals surface area contributed by atoms with E-state index in [4.69, 9.17) is 9.47 Å². The summed E-state index contributed by atoms with van der Waals surface area (Å²) in [6, 6.07) is 68.3. The first-order valence-electron chi connectivity index (χ1n) is 22.2. The van der Waals surface area contributed by atoms with E-state index < -0.39 is 0 Å². The number of hydrogen-bond donors (Lipinski definition) is 0. The monoisotopic (exact) mass is 814 g/mol. The van der Waals surface area contributed by atoms with Gasteiger partial charge in [-0.3, -0.25) is 0 Å².